The van der Waals surface area contributed by atoms with Crippen molar-refractivity contribution in [2.75, 3.05) is 0 Å². The molecule has 0 N–H and O–H groups in total. The molecule has 8 heteroatoms. The molecule has 0 fully saturated rings. The number of rotatable bonds is 0. The molecular formula is C2AgCeO6. The zero-order valence-corrected chi connectivity index (χ0v) is 8.87. The minimum absolute atomic E-state index is 0. The van der Waals surface area contributed by atoms with E-state index in [0.717, 1.165) is 0 Å². The minimum atomic E-state index is -2.33. The molecule has 0 amide bonds. The Hall–Kier alpha value is 0.657. The average molecular weight is 368 g/mol. The van der Waals surface area contributed by atoms with Crippen LogP contribution in [0.4, 0.5) is 9.59 Å². The van der Waals surface area contributed by atoms with Gasteiger partial charge in [0.05, 0.1) is 0 Å². The number of hydrogen-bond acceptors (Lipinski definition) is 6. The van der Waals surface area contributed by atoms with Crippen molar-refractivity contribution in [1.82, 2.24) is 0 Å². The maximum Gasteiger partial charge on any atom is 3.00 e. The fourth-order valence-corrected chi connectivity index (χ4v) is 0. The summed E-state index contributed by atoms with van der Waals surface area (Å²) in [4.78, 5) is 16.7. The fraction of sp³-hybridized carbons (Fsp3) is 0. The molecule has 0 aliphatic carbocycles. The van der Waals surface area contributed by atoms with Gasteiger partial charge in [-0.15, -0.1) is 0 Å². The zero-order valence-electron chi connectivity index (χ0n) is 4.25. The van der Waals surface area contributed by atoms with Gasteiger partial charge in [0.1, 0.15) is 0 Å². The zero-order chi connectivity index (χ0) is 7.15. The van der Waals surface area contributed by atoms with E-state index < -0.39 is 12.3 Å². The molecular weight excluding hydrogens is 368 g/mol. The third-order valence-electron chi connectivity index (χ3n) is 0. The van der Waals surface area contributed by atoms with Crippen LogP contribution in [0.3, 0.4) is 0 Å². The van der Waals surface area contributed by atoms with Gasteiger partial charge >= 0.3 is 64.1 Å². The molecule has 6 nitrogen and oxygen atoms in total. The summed E-state index contributed by atoms with van der Waals surface area (Å²) in [5.41, 5.74) is 0. The van der Waals surface area contributed by atoms with Gasteiger partial charge < -0.3 is 30.0 Å². The Morgan fingerprint density at radius 3 is 0.800 bits per heavy atom. The van der Waals surface area contributed by atoms with Crippen LogP contribution in [0.25, 0.3) is 0 Å². The Morgan fingerprint density at radius 2 is 0.800 bits per heavy atom. The number of hydrogen-bond donors (Lipinski definition) is 0. The summed E-state index contributed by atoms with van der Waals surface area (Å²) < 4.78 is 0. The second-order valence-electron chi connectivity index (χ2n) is 0.500. The van der Waals surface area contributed by atoms with Gasteiger partial charge in [-0.1, -0.05) is 0 Å². The fourth-order valence-electron chi connectivity index (χ4n) is 0. The first-order chi connectivity index (χ1) is 3.46. The molecule has 0 rings (SSSR count). The van der Waals surface area contributed by atoms with E-state index in [-0.39, 0.29) is 64.1 Å². The van der Waals surface area contributed by atoms with E-state index in [1.165, 1.54) is 0 Å². The first-order valence-corrected chi connectivity index (χ1v) is 1.22. The van der Waals surface area contributed by atoms with Crippen LogP contribution in [0.2, 0.25) is 0 Å². The summed E-state index contributed by atoms with van der Waals surface area (Å²) in [5.74, 6) is 0. The number of carboxylic acid groups (broad SMARTS) is 4. The van der Waals surface area contributed by atoms with E-state index in [9.17, 15) is 0 Å². The second-order valence-corrected chi connectivity index (χ2v) is 0.500. The van der Waals surface area contributed by atoms with E-state index in [2.05, 4.69) is 0 Å². The maximum absolute atomic E-state index is 8.33. The van der Waals surface area contributed by atoms with Gasteiger partial charge in [-0.3, -0.25) is 0 Å². The van der Waals surface area contributed by atoms with Crippen molar-refractivity contribution >= 4 is 12.3 Å². The monoisotopic (exact) mass is 367 g/mol. The molecule has 0 heterocycles. The molecule has 0 saturated heterocycles. The summed E-state index contributed by atoms with van der Waals surface area (Å²) in [6, 6.07) is 0. The normalized spacial score (nSPS) is 4.80. The van der Waals surface area contributed by atoms with Crippen LogP contribution >= 0.6 is 0 Å². The Balaban J connectivity index is -0.0000000300. The molecule has 0 spiro atoms. The molecule has 0 saturated carbocycles. The number of carbonyl (C=O) groups excluding carboxylic acids is 2. The van der Waals surface area contributed by atoms with Crippen LogP contribution in [0.1, 0.15) is 0 Å². The van der Waals surface area contributed by atoms with Crippen LogP contribution in [-0.2, 0) is 22.4 Å². The second kappa shape index (κ2) is 16.3. The first kappa shape index (κ1) is 22.4. The smallest absolute Gasteiger partial charge is 0.652 e. The van der Waals surface area contributed by atoms with E-state index >= 15 is 0 Å². The quantitative estimate of drug-likeness (QED) is 0.395. The molecule has 1 radical (unpaired) electrons. The molecule has 0 aromatic carbocycles. The standard InChI is InChI=1S/2CH2O3.Ag.Ce/c2*2-1(3)4;;/h2*(H2,2,3,4);;/q;;+1;+3/p-4. The molecule has 0 bridgehead atoms. The van der Waals surface area contributed by atoms with Crippen molar-refractivity contribution in [3.8, 4) is 0 Å². The van der Waals surface area contributed by atoms with Crippen LogP contribution in [-0.4, -0.2) is 12.3 Å². The van der Waals surface area contributed by atoms with E-state index in [0.29, 0.717) is 0 Å². The SMILES string of the molecule is O=C([O-])[O-].O=C([O-])[O-].[Ag+].[Ce+3]. The van der Waals surface area contributed by atoms with Gasteiger partial charge in [0.15, 0.2) is 0 Å². The van der Waals surface area contributed by atoms with E-state index in [1.54, 1.807) is 0 Å². The molecule has 59 valence electrons. The summed E-state index contributed by atoms with van der Waals surface area (Å²) in [5, 5.41) is 33.3. The van der Waals surface area contributed by atoms with Crippen LogP contribution in [0, 0.1) is 41.7 Å². The Kier molecular flexibility index (Phi) is 36.6. The summed E-state index contributed by atoms with van der Waals surface area (Å²) in [6.07, 6.45) is -4.67. The van der Waals surface area contributed by atoms with E-state index in [1.807, 2.05) is 0 Å². The molecule has 0 unspecified atom stereocenters. The molecule has 10 heavy (non-hydrogen) atoms. The largest absolute Gasteiger partial charge is 3.00 e. The third kappa shape index (κ3) is 1180. The van der Waals surface area contributed by atoms with Gasteiger partial charge in [0.2, 0.25) is 0 Å². The van der Waals surface area contributed by atoms with Crippen LogP contribution in [0.5, 0.6) is 0 Å². The van der Waals surface area contributed by atoms with Gasteiger partial charge in [-0.25, -0.2) is 0 Å². The molecule has 0 atom stereocenters. The van der Waals surface area contributed by atoms with Crippen LogP contribution in [0.15, 0.2) is 0 Å². The van der Waals surface area contributed by atoms with Gasteiger partial charge in [-0.2, -0.15) is 0 Å². The molecule has 0 aliphatic rings. The minimum Gasteiger partial charge on any atom is -0.652 e. The average Bonchev–Trinajstić information content (AvgIpc) is 1.25. The van der Waals surface area contributed by atoms with E-state index in [4.69, 9.17) is 30.0 Å². The predicted molar refractivity (Wildman–Crippen MR) is 10.8 cm³/mol. The Bertz CT molecular complexity index is 73.7. The van der Waals surface area contributed by atoms with Crippen molar-refractivity contribution in [3.63, 3.8) is 0 Å². The van der Waals surface area contributed by atoms with Crippen molar-refractivity contribution in [3.05, 3.63) is 0 Å². The topological polar surface area (TPSA) is 126 Å². The van der Waals surface area contributed by atoms with Gasteiger partial charge in [-0.05, 0) is 12.3 Å². The summed E-state index contributed by atoms with van der Waals surface area (Å²) >= 11 is 0. The van der Waals surface area contributed by atoms with Gasteiger partial charge in [0, 0.05) is 0 Å². The Morgan fingerprint density at radius 1 is 0.800 bits per heavy atom. The van der Waals surface area contributed by atoms with Crippen molar-refractivity contribution in [2.45, 2.75) is 0 Å². The number of carbonyl (C=O) groups is 2. The van der Waals surface area contributed by atoms with Crippen molar-refractivity contribution in [2.24, 2.45) is 0 Å². The third-order valence-corrected chi connectivity index (χ3v) is 0. The van der Waals surface area contributed by atoms with Gasteiger partial charge in [0.25, 0.3) is 0 Å². The Labute approximate surface area is 105 Å². The first-order valence-electron chi connectivity index (χ1n) is 1.22. The van der Waals surface area contributed by atoms with Crippen LogP contribution < -0.4 is 20.4 Å². The maximum atomic E-state index is 8.33. The molecule has 0 aromatic heterocycles. The predicted octanol–water partition coefficient (Wildman–Crippen LogP) is -4.90. The van der Waals surface area contributed by atoms with Crippen molar-refractivity contribution < 1.29 is 94.1 Å². The summed E-state index contributed by atoms with van der Waals surface area (Å²) in [6.45, 7) is 0. The molecule has 0 aliphatic heterocycles. The molecule has 0 aromatic rings. The van der Waals surface area contributed by atoms with Crippen molar-refractivity contribution in [1.29, 1.82) is 0 Å². The summed E-state index contributed by atoms with van der Waals surface area (Å²) in [7, 11) is 0.